The van der Waals surface area contributed by atoms with Gasteiger partial charge < -0.3 is 19.5 Å². The van der Waals surface area contributed by atoms with Crippen molar-refractivity contribution in [3.8, 4) is 28.5 Å². The number of ketones is 1. The van der Waals surface area contributed by atoms with Gasteiger partial charge in [0.15, 0.2) is 5.78 Å². The molecule has 4 aromatic rings. The van der Waals surface area contributed by atoms with Crippen molar-refractivity contribution in [2.75, 3.05) is 26.2 Å². The first kappa shape index (κ1) is 22.7. The number of fused-ring (bicyclic) bond motifs is 5. The highest BCUT2D eigenvalue weighted by atomic mass is 16.5. The van der Waals surface area contributed by atoms with Crippen molar-refractivity contribution in [2.24, 2.45) is 0 Å². The Kier molecular flexibility index (Phi) is 5.89. The van der Waals surface area contributed by atoms with Crippen molar-refractivity contribution >= 4 is 16.7 Å². The molecular weight excluding hydrogens is 452 g/mol. The van der Waals surface area contributed by atoms with E-state index in [0.29, 0.717) is 24.3 Å². The minimum atomic E-state index is -0.0971. The number of phenolic OH excluding ortho intramolecular Hbond substituents is 2. The number of benzene rings is 3. The summed E-state index contributed by atoms with van der Waals surface area (Å²) in [5.41, 5.74) is 4.86. The summed E-state index contributed by atoms with van der Waals surface area (Å²) in [7, 11) is 0. The molecule has 3 heterocycles. The van der Waals surface area contributed by atoms with Crippen LogP contribution in [0, 0.1) is 0 Å². The van der Waals surface area contributed by atoms with Crippen LogP contribution in [0.25, 0.3) is 22.2 Å². The average Bonchev–Trinajstić information content (AvgIpc) is 3.22. The third-order valence-electron chi connectivity index (χ3n) is 7.46. The highest BCUT2D eigenvalue weighted by molar-refractivity contribution is 6.21. The fraction of sp³-hybridized carbons (Fsp3) is 0.300. The molecule has 0 unspecified atom stereocenters. The second kappa shape index (κ2) is 9.36. The van der Waals surface area contributed by atoms with Crippen molar-refractivity contribution in [1.29, 1.82) is 0 Å². The number of aromatic nitrogens is 1. The van der Waals surface area contributed by atoms with Crippen molar-refractivity contribution in [3.05, 3.63) is 77.4 Å². The Hall–Kier alpha value is -3.77. The van der Waals surface area contributed by atoms with Gasteiger partial charge in [0.05, 0.1) is 11.3 Å². The Morgan fingerprint density at radius 2 is 1.61 bits per heavy atom. The van der Waals surface area contributed by atoms with Gasteiger partial charge in [0.1, 0.15) is 23.9 Å². The summed E-state index contributed by atoms with van der Waals surface area (Å²) < 4.78 is 8.11. The molecule has 0 aliphatic carbocycles. The lowest BCUT2D eigenvalue weighted by Gasteiger charge is -2.26. The minimum absolute atomic E-state index is 0.0971. The van der Waals surface area contributed by atoms with Crippen LogP contribution in [0.15, 0.2) is 60.7 Å². The molecule has 2 aliphatic heterocycles. The first-order valence-corrected chi connectivity index (χ1v) is 12.8. The van der Waals surface area contributed by atoms with Crippen molar-refractivity contribution in [2.45, 2.75) is 32.2 Å². The van der Waals surface area contributed by atoms with Crippen LogP contribution in [0.4, 0.5) is 0 Å². The molecule has 0 radical (unpaired) electrons. The van der Waals surface area contributed by atoms with Gasteiger partial charge in [-0.3, -0.25) is 9.69 Å². The normalized spacial score (nSPS) is 15.4. The second-order valence-electron chi connectivity index (χ2n) is 9.77. The zero-order valence-electron chi connectivity index (χ0n) is 20.2. The van der Waals surface area contributed by atoms with E-state index < -0.39 is 0 Å². The van der Waals surface area contributed by atoms with Crippen LogP contribution in [-0.2, 0) is 13.0 Å². The fourth-order valence-electron chi connectivity index (χ4n) is 5.66. The first-order chi connectivity index (χ1) is 17.6. The summed E-state index contributed by atoms with van der Waals surface area (Å²) in [4.78, 5) is 16.4. The number of phenols is 2. The smallest absolute Gasteiger partial charge is 0.195 e. The van der Waals surface area contributed by atoms with Gasteiger partial charge in [0, 0.05) is 35.1 Å². The molecule has 1 fully saturated rings. The van der Waals surface area contributed by atoms with Gasteiger partial charge in [-0.05, 0) is 98.6 Å². The number of hydrogen-bond acceptors (Lipinski definition) is 5. The third kappa shape index (κ3) is 4.11. The molecule has 1 aromatic heterocycles. The number of aryl methyl sites for hydroxylation is 2. The van der Waals surface area contributed by atoms with Gasteiger partial charge in [0.25, 0.3) is 0 Å². The van der Waals surface area contributed by atoms with Crippen LogP contribution >= 0.6 is 0 Å². The molecule has 3 aromatic carbocycles. The highest BCUT2D eigenvalue weighted by Crippen LogP contribution is 2.41. The van der Waals surface area contributed by atoms with Gasteiger partial charge in [-0.1, -0.05) is 6.42 Å². The third-order valence-corrected chi connectivity index (χ3v) is 7.46. The van der Waals surface area contributed by atoms with Crippen LogP contribution in [0.3, 0.4) is 0 Å². The van der Waals surface area contributed by atoms with E-state index in [0.717, 1.165) is 59.5 Å². The number of piperidine rings is 1. The molecule has 184 valence electrons. The summed E-state index contributed by atoms with van der Waals surface area (Å²) >= 11 is 0. The molecule has 36 heavy (non-hydrogen) atoms. The second-order valence-corrected chi connectivity index (χ2v) is 9.77. The van der Waals surface area contributed by atoms with Crippen molar-refractivity contribution in [1.82, 2.24) is 9.47 Å². The molecule has 6 rings (SSSR count). The fourth-order valence-corrected chi connectivity index (χ4v) is 5.66. The number of aromatic hydroxyl groups is 2. The predicted octanol–water partition coefficient (Wildman–Crippen LogP) is 5.37. The van der Waals surface area contributed by atoms with Crippen LogP contribution in [0.5, 0.6) is 17.2 Å². The van der Waals surface area contributed by atoms with E-state index in [1.807, 2.05) is 36.4 Å². The monoisotopic (exact) mass is 482 g/mol. The van der Waals surface area contributed by atoms with E-state index in [9.17, 15) is 15.0 Å². The maximum absolute atomic E-state index is 13.9. The Bertz CT molecular complexity index is 1430. The number of carbonyl (C=O) groups excluding carboxylic acids is 1. The zero-order chi connectivity index (χ0) is 24.6. The van der Waals surface area contributed by atoms with Gasteiger partial charge in [-0.25, -0.2) is 0 Å². The molecule has 6 heteroatoms. The summed E-state index contributed by atoms with van der Waals surface area (Å²) in [5, 5.41) is 21.0. The number of hydrogen-bond donors (Lipinski definition) is 2. The molecule has 0 spiro atoms. The predicted molar refractivity (Wildman–Crippen MR) is 140 cm³/mol. The van der Waals surface area contributed by atoms with Gasteiger partial charge >= 0.3 is 0 Å². The minimum Gasteiger partial charge on any atom is -0.508 e. The molecule has 0 bridgehead atoms. The lowest BCUT2D eigenvalue weighted by Crippen LogP contribution is -2.33. The molecule has 2 aliphatic rings. The van der Waals surface area contributed by atoms with Gasteiger partial charge in [0.2, 0.25) is 0 Å². The Labute approximate surface area is 210 Å². The summed E-state index contributed by atoms with van der Waals surface area (Å²) in [6.07, 6.45) is 4.61. The quantitative estimate of drug-likeness (QED) is 0.362. The number of carbonyl (C=O) groups is 1. The summed E-state index contributed by atoms with van der Waals surface area (Å²) in [6.45, 7) is 4.54. The molecule has 0 atom stereocenters. The zero-order valence-corrected chi connectivity index (χ0v) is 20.2. The van der Waals surface area contributed by atoms with Crippen LogP contribution < -0.4 is 4.74 Å². The van der Waals surface area contributed by atoms with E-state index in [4.69, 9.17) is 4.74 Å². The lowest BCUT2D eigenvalue weighted by molar-refractivity contribution is 0.104. The molecule has 1 saturated heterocycles. The first-order valence-electron chi connectivity index (χ1n) is 12.8. The average molecular weight is 483 g/mol. The topological polar surface area (TPSA) is 74.9 Å². The van der Waals surface area contributed by atoms with Crippen LogP contribution in [0.2, 0.25) is 0 Å². The van der Waals surface area contributed by atoms with Gasteiger partial charge in [-0.2, -0.15) is 0 Å². The number of rotatable bonds is 6. The van der Waals surface area contributed by atoms with Crippen LogP contribution in [0.1, 0.15) is 40.7 Å². The summed E-state index contributed by atoms with van der Waals surface area (Å²) in [5.74, 6) is 1.01. The number of likely N-dealkylation sites (tertiary alicyclic amines) is 1. The maximum Gasteiger partial charge on any atom is 0.195 e. The Morgan fingerprint density at radius 3 is 2.42 bits per heavy atom. The maximum atomic E-state index is 13.9. The van der Waals surface area contributed by atoms with Crippen LogP contribution in [-0.4, -0.2) is 51.7 Å². The summed E-state index contributed by atoms with van der Waals surface area (Å²) in [6, 6.07) is 17.9. The van der Waals surface area contributed by atoms with E-state index in [2.05, 4.69) is 9.47 Å². The number of ether oxygens (including phenoxy) is 1. The van der Waals surface area contributed by atoms with E-state index in [1.54, 1.807) is 24.3 Å². The molecule has 0 saturated carbocycles. The van der Waals surface area contributed by atoms with Gasteiger partial charge in [-0.15, -0.1) is 0 Å². The van der Waals surface area contributed by atoms with E-state index in [1.165, 1.54) is 19.3 Å². The van der Waals surface area contributed by atoms with Crippen molar-refractivity contribution < 1.29 is 19.7 Å². The largest absolute Gasteiger partial charge is 0.508 e. The molecular formula is C30H30N2O4. The highest BCUT2D eigenvalue weighted by Gasteiger charge is 2.28. The molecule has 2 N–H and O–H groups in total. The van der Waals surface area contributed by atoms with E-state index in [-0.39, 0.29) is 17.3 Å². The standard InChI is InChI=1S/C30H30N2O4/c33-22-6-10-25-21(18-22)12-15-32-27-11-7-23(34)19-26(27)28(29(25)32)30(35)20-4-8-24(9-5-20)36-17-16-31-13-2-1-3-14-31/h4-11,18-19,33-34H,1-3,12-17H2. The van der Waals surface area contributed by atoms with Crippen molar-refractivity contribution in [3.63, 3.8) is 0 Å². The Morgan fingerprint density at radius 1 is 0.861 bits per heavy atom. The SMILES string of the molecule is O=C(c1ccc(OCCN2CCCCC2)cc1)c1c2n(c3ccc(O)cc13)CCc1cc(O)ccc1-2. The van der Waals surface area contributed by atoms with E-state index >= 15 is 0 Å². The lowest BCUT2D eigenvalue weighted by atomic mass is 9.92. The molecule has 0 amide bonds. The molecule has 6 nitrogen and oxygen atoms in total. The number of nitrogens with zero attached hydrogens (tertiary/aromatic N) is 2. The Balaban J connectivity index is 1.32.